The van der Waals surface area contributed by atoms with E-state index < -0.39 is 0 Å². The molecule has 0 bridgehead atoms. The fourth-order valence-corrected chi connectivity index (χ4v) is 19.9. The van der Waals surface area contributed by atoms with Crippen LogP contribution < -0.4 is 24.8 Å². The maximum Gasteiger partial charge on any atom is 2.00 e. The van der Waals surface area contributed by atoms with Crippen LogP contribution in [0.1, 0.15) is 198 Å². The van der Waals surface area contributed by atoms with Crippen molar-refractivity contribution in [3.8, 4) is 0 Å². The predicted molar refractivity (Wildman–Crippen MR) is 206 cm³/mol. The molecule has 1 aromatic carbocycles. The summed E-state index contributed by atoms with van der Waals surface area (Å²) in [5.74, 6) is 0. The van der Waals surface area contributed by atoms with Crippen molar-refractivity contribution in [2.45, 2.75) is 234 Å². The molecular formula is C43H74Cl2P2Ru. The third-order valence-electron chi connectivity index (χ3n) is 12.9. The van der Waals surface area contributed by atoms with Crippen LogP contribution in [0.25, 0.3) is 0 Å². The molecule has 0 N–H and O–H groups in total. The Balaban J connectivity index is 0.000000264. The molecule has 7 rings (SSSR count). The summed E-state index contributed by atoms with van der Waals surface area (Å²) in [6.45, 7) is 2.08. The van der Waals surface area contributed by atoms with Crippen LogP contribution in [0, 0.1) is 6.92 Å². The second-order valence-corrected chi connectivity index (χ2v) is 22.5. The summed E-state index contributed by atoms with van der Waals surface area (Å²) in [7, 11) is 0.770. The van der Waals surface area contributed by atoms with Gasteiger partial charge in [0.1, 0.15) is 0 Å². The minimum absolute atomic E-state index is 0. The van der Waals surface area contributed by atoms with Crippen LogP contribution in [0.2, 0.25) is 0 Å². The maximum atomic E-state index is 2.08. The molecule has 0 aromatic heterocycles. The minimum Gasteiger partial charge on any atom is -1.00 e. The van der Waals surface area contributed by atoms with E-state index in [1.165, 1.54) is 78.0 Å². The summed E-state index contributed by atoms with van der Waals surface area (Å²) in [6, 6.07) is 10.3. The van der Waals surface area contributed by atoms with Crippen LogP contribution in [0.15, 0.2) is 30.3 Å². The molecule has 48 heavy (non-hydrogen) atoms. The van der Waals surface area contributed by atoms with Gasteiger partial charge in [-0.2, -0.15) is 0 Å². The number of hydrogen-bond acceptors (Lipinski definition) is 0. The topological polar surface area (TPSA) is 0 Å². The molecule has 0 saturated heterocycles. The van der Waals surface area contributed by atoms with Gasteiger partial charge >= 0.3 is 19.5 Å². The van der Waals surface area contributed by atoms with Crippen LogP contribution in [0.5, 0.6) is 0 Å². The molecule has 1 aromatic rings. The zero-order chi connectivity index (χ0) is 30.9. The van der Waals surface area contributed by atoms with E-state index in [0.717, 1.165) is 0 Å². The zero-order valence-corrected chi connectivity index (χ0v) is 36.1. The number of benzene rings is 1. The fourth-order valence-electron chi connectivity index (χ4n) is 10.6. The molecule has 5 heteroatoms. The third-order valence-corrected chi connectivity index (χ3v) is 21.1. The molecule has 0 heterocycles. The minimum atomic E-state index is 0. The van der Waals surface area contributed by atoms with Crippen molar-refractivity contribution in [2.75, 3.05) is 0 Å². The molecule has 0 aliphatic heterocycles. The molecule has 6 aliphatic carbocycles. The molecule has 6 fully saturated rings. The number of aryl methyl sites for hydroxylation is 1. The third kappa shape index (κ3) is 15.3. The normalized spacial score (nSPS) is 24.1. The van der Waals surface area contributed by atoms with Gasteiger partial charge < -0.3 is 24.8 Å². The van der Waals surface area contributed by atoms with Gasteiger partial charge in [-0.05, 0) is 118 Å². The van der Waals surface area contributed by atoms with Gasteiger partial charge in [-0.15, -0.1) is 0 Å². The Kier molecular flexibility index (Phi) is 25.5. The van der Waals surface area contributed by atoms with Gasteiger partial charge in [0.25, 0.3) is 0 Å². The van der Waals surface area contributed by atoms with Gasteiger partial charge in [-0.25, -0.2) is 0 Å². The van der Waals surface area contributed by atoms with Crippen LogP contribution in [0.3, 0.4) is 0 Å². The quantitative estimate of drug-likeness (QED) is 0.199. The Bertz CT molecular complexity index is 726. The van der Waals surface area contributed by atoms with Crippen LogP contribution in [-0.2, 0) is 19.5 Å². The summed E-state index contributed by atoms with van der Waals surface area (Å²) in [5.41, 5.74) is 8.46. The molecule has 0 amide bonds. The number of hydrogen-bond donors (Lipinski definition) is 0. The summed E-state index contributed by atoms with van der Waals surface area (Å²) in [4.78, 5) is 0. The first kappa shape index (κ1) is 45.4. The van der Waals surface area contributed by atoms with Crippen molar-refractivity contribution in [1.82, 2.24) is 0 Å². The van der Waals surface area contributed by atoms with Gasteiger partial charge in [0, 0.05) is 0 Å². The molecule has 0 unspecified atom stereocenters. The predicted octanol–water partition coefficient (Wildman–Crippen LogP) is 8.93. The molecule has 0 radical (unpaired) electrons. The Hall–Kier alpha value is 1.28. The second-order valence-electron chi connectivity index (χ2n) is 16.3. The maximum absolute atomic E-state index is 2.08. The standard InChI is InChI=1S/2C18H33P.C7H8.2ClH.Ru/c2*1-4-10-16(11-5-1)19(17-12-6-2-7-13-17)18-14-8-3-9-15-18;1-7-5-3-2-4-6-7;;;/h2*16-18H,1-15H2;2-6H,1H3;2*1H;/q;;;;;+2/p-2. The van der Waals surface area contributed by atoms with E-state index in [-0.39, 0.29) is 44.3 Å². The van der Waals surface area contributed by atoms with Crippen LogP contribution in [-0.4, -0.2) is 34.0 Å². The smallest absolute Gasteiger partial charge is 1.00 e. The van der Waals surface area contributed by atoms with E-state index >= 15 is 0 Å². The number of rotatable bonds is 6. The SMILES string of the molecule is C1CCC(P(C2CCCCC2)C2CCCCC2)CC1.C1CCC(P(C2CCCCC2)C2CCCCC2)CC1.Cc1ccccc1.[Cl-].[Cl-].[Ru+2]. The summed E-state index contributed by atoms with van der Waals surface area (Å²) in [5, 5.41) is 0. The van der Waals surface area contributed by atoms with E-state index in [9.17, 15) is 0 Å². The molecule has 278 valence electrons. The van der Waals surface area contributed by atoms with Crippen molar-refractivity contribution in [3.05, 3.63) is 35.9 Å². The van der Waals surface area contributed by atoms with Crippen LogP contribution >= 0.6 is 15.8 Å². The molecule has 6 aliphatic rings. The van der Waals surface area contributed by atoms with E-state index in [0.29, 0.717) is 15.8 Å². The fraction of sp³-hybridized carbons (Fsp3) is 0.860. The second kappa shape index (κ2) is 27.0. The van der Waals surface area contributed by atoms with Crippen molar-refractivity contribution in [3.63, 3.8) is 0 Å². The van der Waals surface area contributed by atoms with E-state index in [1.807, 2.05) is 18.2 Å². The van der Waals surface area contributed by atoms with Gasteiger partial charge in [0.15, 0.2) is 0 Å². The largest absolute Gasteiger partial charge is 2.00 e. The Morgan fingerprint density at radius 1 is 0.333 bits per heavy atom. The van der Waals surface area contributed by atoms with Gasteiger partial charge in [0.2, 0.25) is 0 Å². The zero-order valence-electron chi connectivity index (χ0n) is 31.1. The van der Waals surface area contributed by atoms with Crippen molar-refractivity contribution >= 4 is 15.8 Å². The van der Waals surface area contributed by atoms with Crippen molar-refractivity contribution in [2.24, 2.45) is 0 Å². The summed E-state index contributed by atoms with van der Waals surface area (Å²) in [6.07, 6.45) is 47.2. The van der Waals surface area contributed by atoms with Crippen LogP contribution in [0.4, 0.5) is 0 Å². The first-order valence-corrected chi connectivity index (χ1v) is 24.0. The number of halogens is 2. The van der Waals surface area contributed by atoms with Crippen molar-refractivity contribution < 1.29 is 44.3 Å². The molecule has 0 atom stereocenters. The van der Waals surface area contributed by atoms with E-state index in [2.05, 4.69) is 19.1 Å². The molecule has 6 saturated carbocycles. The first-order valence-electron chi connectivity index (χ1n) is 20.9. The summed E-state index contributed by atoms with van der Waals surface area (Å²) < 4.78 is 0. The Morgan fingerprint density at radius 2 is 0.521 bits per heavy atom. The average Bonchev–Trinajstić information content (AvgIpc) is 3.12. The molecule has 0 spiro atoms. The monoisotopic (exact) mass is 824 g/mol. The molecular weight excluding hydrogens is 750 g/mol. The van der Waals surface area contributed by atoms with Crippen molar-refractivity contribution in [1.29, 1.82) is 0 Å². The molecule has 0 nitrogen and oxygen atoms in total. The van der Waals surface area contributed by atoms with E-state index in [1.54, 1.807) is 154 Å². The van der Waals surface area contributed by atoms with Gasteiger partial charge in [-0.1, -0.05) is 167 Å². The van der Waals surface area contributed by atoms with Gasteiger partial charge in [-0.3, -0.25) is 0 Å². The summed E-state index contributed by atoms with van der Waals surface area (Å²) >= 11 is 0. The average molecular weight is 825 g/mol. The Morgan fingerprint density at radius 3 is 0.667 bits per heavy atom. The Labute approximate surface area is 327 Å². The van der Waals surface area contributed by atoms with Gasteiger partial charge in [0.05, 0.1) is 0 Å². The van der Waals surface area contributed by atoms with E-state index in [4.69, 9.17) is 0 Å². The first-order chi connectivity index (χ1) is 22.3.